The Labute approximate surface area is 91.8 Å². The van der Waals surface area contributed by atoms with Crippen LogP contribution < -0.4 is 5.32 Å². The summed E-state index contributed by atoms with van der Waals surface area (Å²) in [4.78, 5) is 0. The first kappa shape index (κ1) is 10.1. The van der Waals surface area contributed by atoms with Crippen LogP contribution in [-0.4, -0.2) is 13.1 Å². The Morgan fingerprint density at radius 3 is 2.93 bits per heavy atom. The van der Waals surface area contributed by atoms with Crippen LogP contribution in [0.15, 0.2) is 16.6 Å². The Kier molecular flexibility index (Phi) is 2.88. The highest BCUT2D eigenvalue weighted by Crippen LogP contribution is 2.32. The van der Waals surface area contributed by atoms with Gasteiger partial charge in [-0.05, 0) is 31.5 Å². The first-order chi connectivity index (χ1) is 6.70. The zero-order chi connectivity index (χ0) is 10.1. The molecule has 0 radical (unpaired) electrons. The van der Waals surface area contributed by atoms with Gasteiger partial charge in [0.25, 0.3) is 0 Å². The van der Waals surface area contributed by atoms with Crippen LogP contribution in [0.3, 0.4) is 0 Å². The largest absolute Gasteiger partial charge is 0.316 e. The molecule has 0 spiro atoms. The van der Waals surface area contributed by atoms with E-state index in [1.165, 1.54) is 0 Å². The topological polar surface area (TPSA) is 12.0 Å². The molecule has 2 rings (SSSR count). The molecule has 1 N–H and O–H groups in total. The van der Waals surface area contributed by atoms with Gasteiger partial charge >= 0.3 is 0 Å². The number of hydrogen-bond donors (Lipinski definition) is 1. The Morgan fingerprint density at radius 2 is 2.29 bits per heavy atom. The van der Waals surface area contributed by atoms with E-state index in [2.05, 4.69) is 21.2 Å². The smallest absolute Gasteiger partial charge is 0.130 e. The van der Waals surface area contributed by atoms with E-state index in [0.29, 0.717) is 5.92 Å². The van der Waals surface area contributed by atoms with Gasteiger partial charge < -0.3 is 5.32 Å². The van der Waals surface area contributed by atoms with Crippen LogP contribution in [0.4, 0.5) is 4.39 Å². The Balaban J connectivity index is 2.44. The van der Waals surface area contributed by atoms with E-state index in [1.807, 2.05) is 19.1 Å². The van der Waals surface area contributed by atoms with E-state index < -0.39 is 0 Å². The highest BCUT2D eigenvalue weighted by molar-refractivity contribution is 9.10. The lowest BCUT2D eigenvalue weighted by atomic mass is 9.96. The summed E-state index contributed by atoms with van der Waals surface area (Å²) in [5.74, 6) is 0.275. The third kappa shape index (κ3) is 1.71. The molecule has 1 aromatic rings. The maximum absolute atomic E-state index is 13.9. The van der Waals surface area contributed by atoms with Crippen molar-refractivity contribution in [1.29, 1.82) is 0 Å². The number of aryl methyl sites for hydroxylation is 1. The van der Waals surface area contributed by atoms with E-state index in [0.717, 1.165) is 35.1 Å². The Hall–Kier alpha value is -0.410. The van der Waals surface area contributed by atoms with Crippen LogP contribution in [0.2, 0.25) is 0 Å². The second-order valence-corrected chi connectivity index (χ2v) is 4.64. The molecule has 76 valence electrons. The van der Waals surface area contributed by atoms with E-state index >= 15 is 0 Å². The van der Waals surface area contributed by atoms with Crippen molar-refractivity contribution >= 4 is 15.9 Å². The molecule has 0 saturated carbocycles. The molecule has 1 saturated heterocycles. The van der Waals surface area contributed by atoms with Gasteiger partial charge in [0.1, 0.15) is 5.82 Å². The van der Waals surface area contributed by atoms with Crippen molar-refractivity contribution in [3.63, 3.8) is 0 Å². The van der Waals surface area contributed by atoms with Crippen LogP contribution >= 0.6 is 15.9 Å². The van der Waals surface area contributed by atoms with Gasteiger partial charge in [-0.3, -0.25) is 0 Å². The number of rotatable bonds is 1. The summed E-state index contributed by atoms with van der Waals surface area (Å²) in [6, 6.07) is 3.75. The molecule has 1 atom stereocenters. The minimum Gasteiger partial charge on any atom is -0.316 e. The van der Waals surface area contributed by atoms with Crippen LogP contribution in [0.1, 0.15) is 23.5 Å². The minimum atomic E-state index is -0.0481. The number of hydrogen-bond acceptors (Lipinski definition) is 1. The maximum atomic E-state index is 13.9. The summed E-state index contributed by atoms with van der Waals surface area (Å²) >= 11 is 3.42. The lowest BCUT2D eigenvalue weighted by Gasteiger charge is -2.13. The van der Waals surface area contributed by atoms with Gasteiger partial charge in [0.05, 0.1) is 0 Å². The van der Waals surface area contributed by atoms with Crippen LogP contribution in [-0.2, 0) is 0 Å². The fourth-order valence-electron chi connectivity index (χ4n) is 1.95. The standard InChI is InChI=1S/C11H13BrFN/c1-7-2-3-9(12)10(11(7)13)8-4-5-14-6-8/h2-3,8,14H,4-6H2,1H3. The summed E-state index contributed by atoms with van der Waals surface area (Å²) < 4.78 is 14.8. The number of nitrogens with one attached hydrogen (secondary N) is 1. The lowest BCUT2D eigenvalue weighted by Crippen LogP contribution is -2.10. The number of benzene rings is 1. The molecular formula is C11H13BrFN. The fraction of sp³-hybridized carbons (Fsp3) is 0.455. The van der Waals surface area contributed by atoms with E-state index in [1.54, 1.807) is 0 Å². The first-order valence-electron chi connectivity index (χ1n) is 4.85. The van der Waals surface area contributed by atoms with Gasteiger partial charge in [-0.2, -0.15) is 0 Å². The van der Waals surface area contributed by atoms with Crippen LogP contribution in [0.5, 0.6) is 0 Å². The third-order valence-corrected chi connectivity index (χ3v) is 3.48. The molecule has 1 aromatic carbocycles. The van der Waals surface area contributed by atoms with Crippen molar-refractivity contribution < 1.29 is 4.39 Å². The SMILES string of the molecule is Cc1ccc(Br)c(C2CCNC2)c1F. The molecule has 1 nitrogen and oxygen atoms in total. The highest BCUT2D eigenvalue weighted by atomic mass is 79.9. The molecule has 1 unspecified atom stereocenters. The predicted molar refractivity (Wildman–Crippen MR) is 59.1 cm³/mol. The summed E-state index contributed by atoms with van der Waals surface area (Å²) in [6.45, 7) is 3.69. The molecule has 1 aliphatic heterocycles. The average molecular weight is 258 g/mol. The normalized spacial score (nSPS) is 21.5. The highest BCUT2D eigenvalue weighted by Gasteiger charge is 2.23. The Morgan fingerprint density at radius 1 is 1.50 bits per heavy atom. The molecular weight excluding hydrogens is 245 g/mol. The quantitative estimate of drug-likeness (QED) is 0.816. The van der Waals surface area contributed by atoms with Crippen LogP contribution in [0, 0.1) is 12.7 Å². The molecule has 0 bridgehead atoms. The Bertz CT molecular complexity index is 345. The van der Waals surface area contributed by atoms with Crippen LogP contribution in [0.25, 0.3) is 0 Å². The van der Waals surface area contributed by atoms with Crippen molar-refractivity contribution in [2.45, 2.75) is 19.3 Å². The molecule has 1 fully saturated rings. The molecule has 3 heteroatoms. The average Bonchev–Trinajstić information content (AvgIpc) is 2.65. The first-order valence-corrected chi connectivity index (χ1v) is 5.64. The van der Waals surface area contributed by atoms with Crippen molar-refractivity contribution in [3.8, 4) is 0 Å². The zero-order valence-corrected chi connectivity index (χ0v) is 9.70. The van der Waals surface area contributed by atoms with Gasteiger partial charge in [0, 0.05) is 22.5 Å². The minimum absolute atomic E-state index is 0.0481. The van der Waals surface area contributed by atoms with Gasteiger partial charge in [0.15, 0.2) is 0 Å². The summed E-state index contributed by atoms with van der Waals surface area (Å²) in [6.07, 6.45) is 1.03. The maximum Gasteiger partial charge on any atom is 0.130 e. The second-order valence-electron chi connectivity index (χ2n) is 3.78. The van der Waals surface area contributed by atoms with E-state index in [-0.39, 0.29) is 5.82 Å². The second kappa shape index (κ2) is 3.99. The summed E-state index contributed by atoms with van der Waals surface area (Å²) in [5, 5.41) is 3.26. The third-order valence-electron chi connectivity index (χ3n) is 2.79. The van der Waals surface area contributed by atoms with Gasteiger partial charge in [0.2, 0.25) is 0 Å². The molecule has 0 aliphatic carbocycles. The van der Waals surface area contributed by atoms with Gasteiger partial charge in [-0.15, -0.1) is 0 Å². The van der Waals surface area contributed by atoms with E-state index in [4.69, 9.17) is 0 Å². The fourth-order valence-corrected chi connectivity index (χ4v) is 2.58. The number of halogens is 2. The van der Waals surface area contributed by atoms with Crippen molar-refractivity contribution in [3.05, 3.63) is 33.5 Å². The molecule has 1 heterocycles. The molecule has 1 aliphatic rings. The van der Waals surface area contributed by atoms with E-state index in [9.17, 15) is 4.39 Å². The zero-order valence-electron chi connectivity index (χ0n) is 8.11. The van der Waals surface area contributed by atoms with Crippen molar-refractivity contribution in [2.24, 2.45) is 0 Å². The molecule has 14 heavy (non-hydrogen) atoms. The lowest BCUT2D eigenvalue weighted by molar-refractivity contribution is 0.578. The molecule has 0 aromatic heterocycles. The van der Waals surface area contributed by atoms with Gasteiger partial charge in [-0.25, -0.2) is 4.39 Å². The monoisotopic (exact) mass is 257 g/mol. The predicted octanol–water partition coefficient (Wildman–Crippen LogP) is 2.97. The van der Waals surface area contributed by atoms with Crippen molar-refractivity contribution in [2.75, 3.05) is 13.1 Å². The molecule has 0 amide bonds. The summed E-state index contributed by atoms with van der Waals surface area (Å²) in [5.41, 5.74) is 1.57. The van der Waals surface area contributed by atoms with Gasteiger partial charge in [-0.1, -0.05) is 22.0 Å². The van der Waals surface area contributed by atoms with Crippen molar-refractivity contribution in [1.82, 2.24) is 5.32 Å². The summed E-state index contributed by atoms with van der Waals surface area (Å²) in [7, 11) is 0.